The molecule has 136 valence electrons. The number of aliphatic imine (C=N–C) groups is 1. The highest BCUT2D eigenvalue weighted by molar-refractivity contribution is 14.0. The minimum atomic E-state index is 0. The Balaban J connectivity index is 0.00000225. The SMILES string of the molecule is CN=C(NCCOc1ccc2c(c1)OCO2)NCc1ncnn1C.I. The maximum atomic E-state index is 5.69. The monoisotopic (exact) mass is 460 g/mol. The van der Waals surface area contributed by atoms with Crippen LogP contribution in [0.3, 0.4) is 0 Å². The fourth-order valence-corrected chi connectivity index (χ4v) is 2.17. The molecular formula is C15H21IN6O3. The van der Waals surface area contributed by atoms with Gasteiger partial charge in [0.15, 0.2) is 17.5 Å². The standard InChI is InChI=1S/C15H20N6O3.HI/c1-16-15(18-8-14-19-9-20-21(14)2)17-5-6-22-11-3-4-12-13(7-11)24-10-23-12;/h3-4,7,9H,5-6,8,10H2,1-2H3,(H2,16,17,18);1H. The van der Waals surface area contributed by atoms with Crippen LogP contribution in [0.1, 0.15) is 5.82 Å². The number of guanidine groups is 1. The Kier molecular flexibility index (Phi) is 7.10. The van der Waals surface area contributed by atoms with Crippen LogP contribution in [0.2, 0.25) is 0 Å². The van der Waals surface area contributed by atoms with Gasteiger partial charge in [-0.05, 0) is 12.1 Å². The fourth-order valence-electron chi connectivity index (χ4n) is 2.17. The van der Waals surface area contributed by atoms with Crippen LogP contribution >= 0.6 is 24.0 Å². The van der Waals surface area contributed by atoms with E-state index in [0.717, 1.165) is 17.3 Å². The molecule has 0 saturated carbocycles. The summed E-state index contributed by atoms with van der Waals surface area (Å²) in [5, 5.41) is 10.4. The normalized spacial score (nSPS) is 12.5. The van der Waals surface area contributed by atoms with E-state index in [-0.39, 0.29) is 30.8 Å². The highest BCUT2D eigenvalue weighted by atomic mass is 127. The molecule has 25 heavy (non-hydrogen) atoms. The first-order valence-corrected chi connectivity index (χ1v) is 7.56. The number of nitrogens with zero attached hydrogens (tertiary/aromatic N) is 4. The molecule has 0 amide bonds. The van der Waals surface area contributed by atoms with Crippen molar-refractivity contribution >= 4 is 29.9 Å². The average Bonchev–Trinajstić information content (AvgIpc) is 3.22. The number of halogens is 1. The Hall–Kier alpha value is -2.24. The van der Waals surface area contributed by atoms with E-state index in [9.17, 15) is 0 Å². The molecule has 1 aromatic carbocycles. The first kappa shape index (κ1) is 19.1. The van der Waals surface area contributed by atoms with Crippen LogP contribution in [0, 0.1) is 0 Å². The highest BCUT2D eigenvalue weighted by Crippen LogP contribution is 2.34. The van der Waals surface area contributed by atoms with E-state index in [1.54, 1.807) is 11.7 Å². The molecule has 1 aromatic heterocycles. The van der Waals surface area contributed by atoms with Crippen LogP contribution in [0.15, 0.2) is 29.5 Å². The lowest BCUT2D eigenvalue weighted by Gasteiger charge is -2.12. The highest BCUT2D eigenvalue weighted by Gasteiger charge is 2.13. The number of fused-ring (bicyclic) bond motifs is 1. The number of benzene rings is 1. The number of hydrogen-bond acceptors (Lipinski definition) is 6. The van der Waals surface area contributed by atoms with Gasteiger partial charge in [0.2, 0.25) is 6.79 Å². The van der Waals surface area contributed by atoms with Gasteiger partial charge in [0.05, 0.1) is 13.1 Å². The van der Waals surface area contributed by atoms with E-state index in [4.69, 9.17) is 14.2 Å². The van der Waals surface area contributed by atoms with Crippen molar-refractivity contribution in [3.8, 4) is 17.2 Å². The van der Waals surface area contributed by atoms with E-state index >= 15 is 0 Å². The molecule has 0 bridgehead atoms. The lowest BCUT2D eigenvalue weighted by Crippen LogP contribution is -2.39. The summed E-state index contributed by atoms with van der Waals surface area (Å²) in [6, 6.07) is 5.52. The molecule has 1 aliphatic rings. The summed E-state index contributed by atoms with van der Waals surface area (Å²) >= 11 is 0. The van der Waals surface area contributed by atoms with Gasteiger partial charge in [0.25, 0.3) is 0 Å². The van der Waals surface area contributed by atoms with E-state index < -0.39 is 0 Å². The summed E-state index contributed by atoms with van der Waals surface area (Å²) in [6.07, 6.45) is 1.52. The van der Waals surface area contributed by atoms with E-state index in [0.29, 0.717) is 31.4 Å². The van der Waals surface area contributed by atoms with Crippen LogP contribution in [0.25, 0.3) is 0 Å². The molecule has 0 spiro atoms. The Morgan fingerprint density at radius 1 is 1.32 bits per heavy atom. The molecule has 2 heterocycles. The third kappa shape index (κ3) is 5.11. The maximum Gasteiger partial charge on any atom is 0.231 e. The third-order valence-corrected chi connectivity index (χ3v) is 3.45. The number of nitrogens with one attached hydrogen (secondary N) is 2. The van der Waals surface area contributed by atoms with Crippen molar-refractivity contribution in [3.63, 3.8) is 0 Å². The molecule has 0 atom stereocenters. The number of aryl methyl sites for hydroxylation is 1. The lowest BCUT2D eigenvalue weighted by molar-refractivity contribution is 0.173. The molecule has 10 heteroatoms. The third-order valence-electron chi connectivity index (χ3n) is 3.45. The van der Waals surface area contributed by atoms with Crippen molar-refractivity contribution in [2.75, 3.05) is 27.0 Å². The van der Waals surface area contributed by atoms with Gasteiger partial charge in [-0.25, -0.2) is 4.98 Å². The Labute approximate surface area is 162 Å². The minimum Gasteiger partial charge on any atom is -0.492 e. The second-order valence-electron chi connectivity index (χ2n) is 5.02. The second kappa shape index (κ2) is 9.30. The second-order valence-corrected chi connectivity index (χ2v) is 5.02. The summed E-state index contributed by atoms with van der Waals surface area (Å²) in [6.45, 7) is 1.89. The van der Waals surface area contributed by atoms with E-state index in [1.165, 1.54) is 6.33 Å². The number of ether oxygens (including phenoxy) is 3. The van der Waals surface area contributed by atoms with Crippen molar-refractivity contribution < 1.29 is 14.2 Å². The van der Waals surface area contributed by atoms with Crippen molar-refractivity contribution in [1.82, 2.24) is 25.4 Å². The molecular weight excluding hydrogens is 439 g/mol. The molecule has 0 unspecified atom stereocenters. The fraction of sp³-hybridized carbons (Fsp3) is 0.400. The zero-order valence-corrected chi connectivity index (χ0v) is 16.4. The predicted molar refractivity (Wildman–Crippen MR) is 103 cm³/mol. The zero-order chi connectivity index (χ0) is 16.8. The topological polar surface area (TPSA) is 94.8 Å². The summed E-state index contributed by atoms with van der Waals surface area (Å²) in [7, 11) is 3.56. The number of hydrogen-bond donors (Lipinski definition) is 2. The summed E-state index contributed by atoms with van der Waals surface area (Å²) in [5.41, 5.74) is 0. The van der Waals surface area contributed by atoms with Crippen molar-refractivity contribution in [2.45, 2.75) is 6.54 Å². The molecule has 2 N–H and O–H groups in total. The van der Waals surface area contributed by atoms with Gasteiger partial charge in [-0.2, -0.15) is 5.10 Å². The van der Waals surface area contributed by atoms with Crippen LogP contribution in [0.4, 0.5) is 0 Å². The van der Waals surface area contributed by atoms with Crippen molar-refractivity contribution in [1.29, 1.82) is 0 Å². The molecule has 0 radical (unpaired) electrons. The van der Waals surface area contributed by atoms with E-state index in [2.05, 4.69) is 25.7 Å². The average molecular weight is 460 g/mol. The molecule has 0 saturated heterocycles. The Bertz CT molecular complexity index is 721. The van der Waals surface area contributed by atoms with Gasteiger partial charge < -0.3 is 24.8 Å². The van der Waals surface area contributed by atoms with Crippen molar-refractivity contribution in [2.24, 2.45) is 12.0 Å². The summed E-state index contributed by atoms with van der Waals surface area (Å²) in [4.78, 5) is 8.30. The molecule has 0 aliphatic carbocycles. The molecule has 0 fully saturated rings. The van der Waals surface area contributed by atoms with Gasteiger partial charge in [0, 0.05) is 20.2 Å². The van der Waals surface area contributed by atoms with Gasteiger partial charge >= 0.3 is 0 Å². The van der Waals surface area contributed by atoms with Crippen LogP contribution < -0.4 is 24.8 Å². The van der Waals surface area contributed by atoms with Crippen LogP contribution in [-0.2, 0) is 13.6 Å². The van der Waals surface area contributed by atoms with Gasteiger partial charge in [-0.1, -0.05) is 0 Å². The van der Waals surface area contributed by atoms with Gasteiger partial charge in [-0.3, -0.25) is 9.67 Å². The predicted octanol–water partition coefficient (Wildman–Crippen LogP) is 0.906. The van der Waals surface area contributed by atoms with Crippen LogP contribution in [0.5, 0.6) is 17.2 Å². The largest absolute Gasteiger partial charge is 0.492 e. The minimum absolute atomic E-state index is 0. The van der Waals surface area contributed by atoms with Gasteiger partial charge in [-0.15, -0.1) is 24.0 Å². The molecule has 3 rings (SSSR count). The molecule has 2 aromatic rings. The smallest absolute Gasteiger partial charge is 0.231 e. The van der Waals surface area contributed by atoms with Crippen LogP contribution in [-0.4, -0.2) is 47.7 Å². The first-order chi connectivity index (χ1) is 11.8. The van der Waals surface area contributed by atoms with E-state index in [1.807, 2.05) is 25.2 Å². The van der Waals surface area contributed by atoms with Gasteiger partial charge in [0.1, 0.15) is 24.5 Å². The zero-order valence-electron chi connectivity index (χ0n) is 14.1. The Morgan fingerprint density at radius 2 is 2.16 bits per heavy atom. The number of aromatic nitrogens is 3. The maximum absolute atomic E-state index is 5.69. The number of rotatable bonds is 6. The van der Waals surface area contributed by atoms with Crippen molar-refractivity contribution in [3.05, 3.63) is 30.4 Å². The summed E-state index contributed by atoms with van der Waals surface area (Å²) < 4.78 is 18.0. The summed E-state index contributed by atoms with van der Waals surface area (Å²) in [5.74, 6) is 3.69. The molecule has 1 aliphatic heterocycles. The quantitative estimate of drug-likeness (QED) is 0.287. The lowest BCUT2D eigenvalue weighted by atomic mass is 10.3. The Morgan fingerprint density at radius 3 is 2.92 bits per heavy atom. The first-order valence-electron chi connectivity index (χ1n) is 7.56. The molecule has 9 nitrogen and oxygen atoms in total.